The first-order valence-corrected chi connectivity index (χ1v) is 5.78. The molecule has 0 radical (unpaired) electrons. The second-order valence-corrected chi connectivity index (χ2v) is 4.83. The number of rotatable bonds is 1. The maximum atomic E-state index is 5.87. The summed E-state index contributed by atoms with van der Waals surface area (Å²) in [6.07, 6.45) is 0. The van der Waals surface area contributed by atoms with Crippen LogP contribution in [0.25, 0.3) is 10.1 Å². The molecule has 3 heteroatoms. The van der Waals surface area contributed by atoms with Crippen LogP contribution in [0.4, 0.5) is 0 Å². The van der Waals surface area contributed by atoms with Gasteiger partial charge in [0.25, 0.3) is 0 Å². The van der Waals surface area contributed by atoms with E-state index in [-0.39, 0.29) is 6.04 Å². The fraction of sp³-hybridized carbons (Fsp3) is 0.200. The lowest BCUT2D eigenvalue weighted by atomic mass is 10.1. The molecule has 0 unspecified atom stereocenters. The third-order valence-electron chi connectivity index (χ3n) is 2.07. The molecular weight excluding hydrogens is 246 g/mol. The van der Waals surface area contributed by atoms with Gasteiger partial charge in [-0.2, -0.15) is 0 Å². The highest BCUT2D eigenvalue weighted by molar-refractivity contribution is 9.10. The van der Waals surface area contributed by atoms with Gasteiger partial charge in [0.2, 0.25) is 0 Å². The number of thiophene rings is 1. The zero-order valence-electron chi connectivity index (χ0n) is 7.25. The van der Waals surface area contributed by atoms with Gasteiger partial charge < -0.3 is 5.73 Å². The van der Waals surface area contributed by atoms with Crippen molar-refractivity contribution < 1.29 is 0 Å². The molecule has 68 valence electrons. The Labute approximate surface area is 89.7 Å². The summed E-state index contributed by atoms with van der Waals surface area (Å²) < 4.78 is 2.44. The largest absolute Gasteiger partial charge is 0.324 e. The Kier molecular flexibility index (Phi) is 2.41. The minimum absolute atomic E-state index is 0.114. The van der Waals surface area contributed by atoms with Crippen LogP contribution in [-0.4, -0.2) is 0 Å². The number of fused-ring (bicyclic) bond motifs is 1. The summed E-state index contributed by atoms with van der Waals surface area (Å²) in [6.45, 7) is 2.02. The Bertz CT molecular complexity index is 433. The van der Waals surface area contributed by atoms with Gasteiger partial charge >= 0.3 is 0 Å². The van der Waals surface area contributed by atoms with E-state index in [1.54, 1.807) is 11.3 Å². The standard InChI is InChI=1S/C10H10BrNS/c1-6(12)8-5-13-10-7(8)3-2-4-9(10)11/h2-6H,12H2,1H3/t6-/m1/s1. The van der Waals surface area contributed by atoms with Crippen molar-refractivity contribution in [3.8, 4) is 0 Å². The molecule has 0 bridgehead atoms. The first kappa shape index (κ1) is 9.19. The molecule has 1 aromatic heterocycles. The molecule has 1 nitrogen and oxygen atoms in total. The van der Waals surface area contributed by atoms with E-state index >= 15 is 0 Å². The summed E-state index contributed by atoms with van der Waals surface area (Å²) in [6, 6.07) is 6.34. The smallest absolute Gasteiger partial charge is 0.0488 e. The quantitative estimate of drug-likeness (QED) is 0.827. The zero-order chi connectivity index (χ0) is 9.42. The average molecular weight is 256 g/mol. The van der Waals surface area contributed by atoms with E-state index < -0.39 is 0 Å². The Morgan fingerprint density at radius 1 is 1.46 bits per heavy atom. The Hall–Kier alpha value is -0.380. The monoisotopic (exact) mass is 255 g/mol. The highest BCUT2D eigenvalue weighted by Crippen LogP contribution is 2.34. The van der Waals surface area contributed by atoms with Gasteiger partial charge in [-0.15, -0.1) is 11.3 Å². The molecule has 0 saturated heterocycles. The van der Waals surface area contributed by atoms with Crippen molar-refractivity contribution in [3.05, 3.63) is 33.6 Å². The van der Waals surface area contributed by atoms with Crippen molar-refractivity contribution >= 4 is 37.4 Å². The van der Waals surface area contributed by atoms with E-state index in [2.05, 4.69) is 33.4 Å². The first-order valence-electron chi connectivity index (χ1n) is 4.11. The first-order chi connectivity index (χ1) is 6.20. The van der Waals surface area contributed by atoms with E-state index in [4.69, 9.17) is 5.73 Å². The van der Waals surface area contributed by atoms with Gasteiger partial charge in [-0.3, -0.25) is 0 Å². The molecule has 1 atom stereocenters. The molecule has 0 aliphatic rings. The van der Waals surface area contributed by atoms with Crippen LogP contribution >= 0.6 is 27.3 Å². The number of halogens is 1. The van der Waals surface area contributed by atoms with Crippen LogP contribution in [0.1, 0.15) is 18.5 Å². The minimum atomic E-state index is 0.114. The number of nitrogens with two attached hydrogens (primary N) is 1. The van der Waals surface area contributed by atoms with Gasteiger partial charge in [0.05, 0.1) is 0 Å². The second kappa shape index (κ2) is 3.40. The molecule has 0 aliphatic carbocycles. The van der Waals surface area contributed by atoms with Crippen LogP contribution in [0.15, 0.2) is 28.1 Å². The van der Waals surface area contributed by atoms with Gasteiger partial charge in [-0.1, -0.05) is 12.1 Å². The molecule has 1 heterocycles. The van der Waals surface area contributed by atoms with Crippen molar-refractivity contribution in [3.63, 3.8) is 0 Å². The minimum Gasteiger partial charge on any atom is -0.324 e. The van der Waals surface area contributed by atoms with E-state index in [0.29, 0.717) is 0 Å². The molecule has 0 spiro atoms. The lowest BCUT2D eigenvalue weighted by Crippen LogP contribution is -2.03. The molecular formula is C10H10BrNS. The normalized spacial score (nSPS) is 13.5. The van der Waals surface area contributed by atoms with Crippen LogP contribution in [0.5, 0.6) is 0 Å². The average Bonchev–Trinajstić information content (AvgIpc) is 2.48. The lowest BCUT2D eigenvalue weighted by molar-refractivity contribution is 0.830. The summed E-state index contributed by atoms with van der Waals surface area (Å²) in [4.78, 5) is 0. The number of hydrogen-bond acceptors (Lipinski definition) is 2. The summed E-state index contributed by atoms with van der Waals surface area (Å²) in [5.74, 6) is 0. The highest BCUT2D eigenvalue weighted by atomic mass is 79.9. The zero-order valence-corrected chi connectivity index (χ0v) is 9.65. The van der Waals surface area contributed by atoms with E-state index in [0.717, 1.165) is 4.47 Å². The van der Waals surface area contributed by atoms with Gasteiger partial charge in [-0.05, 0) is 45.2 Å². The lowest BCUT2D eigenvalue weighted by Gasteiger charge is -2.02. The van der Waals surface area contributed by atoms with Crippen LogP contribution in [0, 0.1) is 0 Å². The van der Waals surface area contributed by atoms with E-state index in [1.165, 1.54) is 15.6 Å². The summed E-state index contributed by atoms with van der Waals surface area (Å²) >= 11 is 5.27. The number of benzene rings is 1. The van der Waals surface area contributed by atoms with Gasteiger partial charge in [-0.25, -0.2) is 0 Å². The molecule has 13 heavy (non-hydrogen) atoms. The molecule has 0 aliphatic heterocycles. The van der Waals surface area contributed by atoms with Gasteiger partial charge in [0, 0.05) is 15.2 Å². The summed E-state index contributed by atoms with van der Waals surface area (Å²) in [7, 11) is 0. The molecule has 1 aromatic carbocycles. The van der Waals surface area contributed by atoms with Crippen LogP contribution in [0.3, 0.4) is 0 Å². The second-order valence-electron chi connectivity index (χ2n) is 3.10. The molecule has 2 N–H and O–H groups in total. The van der Waals surface area contributed by atoms with Crippen LogP contribution < -0.4 is 5.73 Å². The summed E-state index contributed by atoms with van der Waals surface area (Å²) in [5.41, 5.74) is 7.10. The van der Waals surface area contributed by atoms with Crippen molar-refractivity contribution in [1.29, 1.82) is 0 Å². The third kappa shape index (κ3) is 1.52. The van der Waals surface area contributed by atoms with Gasteiger partial charge in [0.1, 0.15) is 0 Å². The fourth-order valence-electron chi connectivity index (χ4n) is 1.39. The van der Waals surface area contributed by atoms with Crippen LogP contribution in [0.2, 0.25) is 0 Å². The highest BCUT2D eigenvalue weighted by Gasteiger charge is 2.08. The Morgan fingerprint density at radius 3 is 2.92 bits per heavy atom. The molecule has 0 amide bonds. The SMILES string of the molecule is C[C@@H](N)c1csc2c(Br)cccc12. The van der Waals surface area contributed by atoms with Gasteiger partial charge in [0.15, 0.2) is 0 Å². The van der Waals surface area contributed by atoms with Crippen molar-refractivity contribution in [2.45, 2.75) is 13.0 Å². The Balaban J connectivity index is 2.75. The van der Waals surface area contributed by atoms with Crippen molar-refractivity contribution in [1.82, 2.24) is 0 Å². The maximum Gasteiger partial charge on any atom is 0.0488 e. The van der Waals surface area contributed by atoms with Crippen molar-refractivity contribution in [2.75, 3.05) is 0 Å². The third-order valence-corrected chi connectivity index (χ3v) is 4.04. The molecule has 0 fully saturated rings. The Morgan fingerprint density at radius 2 is 2.23 bits per heavy atom. The predicted octanol–water partition coefficient (Wildman–Crippen LogP) is 3.68. The maximum absolute atomic E-state index is 5.87. The van der Waals surface area contributed by atoms with E-state index in [9.17, 15) is 0 Å². The van der Waals surface area contributed by atoms with E-state index in [1.807, 2.05) is 13.0 Å². The topological polar surface area (TPSA) is 26.0 Å². The van der Waals surface area contributed by atoms with Crippen molar-refractivity contribution in [2.24, 2.45) is 5.73 Å². The number of hydrogen-bond donors (Lipinski definition) is 1. The van der Waals surface area contributed by atoms with Crippen LogP contribution in [-0.2, 0) is 0 Å². The molecule has 2 aromatic rings. The predicted molar refractivity (Wildman–Crippen MR) is 62.1 cm³/mol. The molecule has 0 saturated carbocycles. The summed E-state index contributed by atoms with van der Waals surface area (Å²) in [5, 5.41) is 3.41. The molecule has 2 rings (SSSR count). The fourth-order valence-corrected chi connectivity index (χ4v) is 3.12.